The molecule has 4 heteroatoms. The molecule has 0 atom stereocenters. The number of thiazole rings is 1. The Morgan fingerprint density at radius 2 is 2.07 bits per heavy atom. The Morgan fingerprint density at radius 1 is 1.33 bits per heavy atom. The molecule has 1 aromatic heterocycles. The fraction of sp³-hybridized carbons (Fsp3) is 0.182. The first-order chi connectivity index (χ1) is 7.25. The molecule has 0 radical (unpaired) electrons. The molecule has 2 aromatic rings. The summed E-state index contributed by atoms with van der Waals surface area (Å²) in [6, 6.07) is 7.04. The van der Waals surface area contributed by atoms with Gasteiger partial charge in [-0.05, 0) is 31.2 Å². The van der Waals surface area contributed by atoms with Gasteiger partial charge >= 0.3 is 0 Å². The smallest absolute Gasteiger partial charge is 0.115 e. The number of aryl methyl sites for hydroxylation is 1. The summed E-state index contributed by atoms with van der Waals surface area (Å²) in [5, 5.41) is 12.4. The highest BCUT2D eigenvalue weighted by Crippen LogP contribution is 2.17. The van der Waals surface area contributed by atoms with Crippen LogP contribution in [0.5, 0.6) is 5.75 Å². The van der Waals surface area contributed by atoms with Crippen LogP contribution < -0.4 is 5.32 Å². The van der Waals surface area contributed by atoms with Gasteiger partial charge in [0.15, 0.2) is 0 Å². The predicted octanol–water partition coefficient (Wildman–Crippen LogP) is 2.77. The Hall–Kier alpha value is -1.55. The molecule has 3 nitrogen and oxygen atoms in total. The van der Waals surface area contributed by atoms with Gasteiger partial charge < -0.3 is 10.4 Å². The topological polar surface area (TPSA) is 45.2 Å². The minimum absolute atomic E-state index is 0.287. The van der Waals surface area contributed by atoms with Crippen LogP contribution in [0.25, 0.3) is 0 Å². The third kappa shape index (κ3) is 2.47. The predicted molar refractivity (Wildman–Crippen MR) is 62.3 cm³/mol. The minimum atomic E-state index is 0.287. The second kappa shape index (κ2) is 4.31. The average molecular weight is 220 g/mol. The van der Waals surface area contributed by atoms with Crippen molar-refractivity contribution in [3.8, 4) is 5.75 Å². The number of rotatable bonds is 3. The molecule has 0 aliphatic heterocycles. The number of benzene rings is 1. The van der Waals surface area contributed by atoms with E-state index in [4.69, 9.17) is 5.11 Å². The Bertz CT molecular complexity index is 436. The Labute approximate surface area is 92.4 Å². The van der Waals surface area contributed by atoms with E-state index >= 15 is 0 Å². The molecule has 0 amide bonds. The number of phenols is 1. The van der Waals surface area contributed by atoms with E-state index in [0.717, 1.165) is 17.9 Å². The lowest BCUT2D eigenvalue weighted by Crippen LogP contribution is -1.98. The molecule has 1 heterocycles. The van der Waals surface area contributed by atoms with Crippen LogP contribution >= 0.6 is 11.3 Å². The van der Waals surface area contributed by atoms with Gasteiger partial charge in [-0.1, -0.05) is 0 Å². The van der Waals surface area contributed by atoms with Gasteiger partial charge in [-0.2, -0.15) is 0 Å². The molecule has 0 aliphatic carbocycles. The molecule has 2 N–H and O–H groups in total. The molecule has 78 valence electrons. The van der Waals surface area contributed by atoms with Crippen LogP contribution in [-0.2, 0) is 6.54 Å². The summed E-state index contributed by atoms with van der Waals surface area (Å²) >= 11 is 1.65. The molecule has 0 saturated carbocycles. The average Bonchev–Trinajstić information content (AvgIpc) is 2.63. The monoisotopic (exact) mass is 220 g/mol. The zero-order valence-corrected chi connectivity index (χ0v) is 9.21. The summed E-state index contributed by atoms with van der Waals surface area (Å²) < 4.78 is 0. The number of anilines is 1. The maximum atomic E-state index is 9.12. The van der Waals surface area contributed by atoms with E-state index in [0.29, 0.717) is 0 Å². The zero-order chi connectivity index (χ0) is 10.7. The largest absolute Gasteiger partial charge is 0.508 e. The maximum Gasteiger partial charge on any atom is 0.115 e. The second-order valence-electron chi connectivity index (χ2n) is 3.26. The molecular weight excluding hydrogens is 208 g/mol. The van der Waals surface area contributed by atoms with Crippen LogP contribution in [-0.4, -0.2) is 10.1 Å². The Morgan fingerprint density at radius 3 is 2.67 bits per heavy atom. The number of nitrogens with one attached hydrogen (secondary N) is 1. The van der Waals surface area contributed by atoms with Crippen molar-refractivity contribution in [3.63, 3.8) is 0 Å². The van der Waals surface area contributed by atoms with Gasteiger partial charge in [0.1, 0.15) is 5.75 Å². The highest BCUT2D eigenvalue weighted by molar-refractivity contribution is 7.09. The lowest BCUT2D eigenvalue weighted by molar-refractivity contribution is 0.475. The van der Waals surface area contributed by atoms with E-state index in [1.807, 2.05) is 24.6 Å². The highest BCUT2D eigenvalue weighted by Gasteiger charge is 2.00. The molecule has 0 fully saturated rings. The SMILES string of the molecule is Cc1ncsc1CNc1ccc(O)cc1. The number of hydrogen-bond acceptors (Lipinski definition) is 4. The highest BCUT2D eigenvalue weighted by atomic mass is 32.1. The number of phenolic OH excluding ortho intramolecular Hbond substituents is 1. The van der Waals surface area contributed by atoms with Gasteiger partial charge in [0, 0.05) is 10.6 Å². The van der Waals surface area contributed by atoms with Gasteiger partial charge in [0.05, 0.1) is 17.7 Å². The number of nitrogens with zero attached hydrogens (tertiary/aromatic N) is 1. The molecule has 0 bridgehead atoms. The first-order valence-corrected chi connectivity index (χ1v) is 5.55. The summed E-state index contributed by atoms with van der Waals surface area (Å²) in [5.74, 6) is 0.287. The van der Waals surface area contributed by atoms with Crippen LogP contribution in [0.1, 0.15) is 10.6 Å². The van der Waals surface area contributed by atoms with Crippen molar-refractivity contribution in [3.05, 3.63) is 40.3 Å². The van der Waals surface area contributed by atoms with E-state index in [-0.39, 0.29) is 5.75 Å². The summed E-state index contributed by atoms with van der Waals surface area (Å²) in [7, 11) is 0. The van der Waals surface area contributed by atoms with Gasteiger partial charge in [-0.25, -0.2) is 4.98 Å². The number of hydrogen-bond donors (Lipinski definition) is 2. The van der Waals surface area contributed by atoms with Gasteiger partial charge in [-0.3, -0.25) is 0 Å². The van der Waals surface area contributed by atoms with Crippen LogP contribution in [0.15, 0.2) is 29.8 Å². The molecule has 0 spiro atoms. The van der Waals surface area contributed by atoms with Crippen LogP contribution in [0, 0.1) is 6.92 Å². The van der Waals surface area contributed by atoms with Gasteiger partial charge in [0.2, 0.25) is 0 Å². The zero-order valence-electron chi connectivity index (χ0n) is 8.40. The minimum Gasteiger partial charge on any atom is -0.508 e. The van der Waals surface area contributed by atoms with E-state index < -0.39 is 0 Å². The van der Waals surface area contributed by atoms with Crippen LogP contribution in [0.3, 0.4) is 0 Å². The summed E-state index contributed by atoms with van der Waals surface area (Å²) in [6.07, 6.45) is 0. The van der Waals surface area contributed by atoms with E-state index in [2.05, 4.69) is 10.3 Å². The molecular formula is C11H12N2OS. The summed E-state index contributed by atoms with van der Waals surface area (Å²) in [4.78, 5) is 5.42. The van der Waals surface area contributed by atoms with E-state index in [1.165, 1.54) is 4.88 Å². The Balaban J connectivity index is 1.99. The first-order valence-electron chi connectivity index (χ1n) is 4.67. The third-order valence-corrected chi connectivity index (χ3v) is 3.10. The molecule has 0 saturated heterocycles. The fourth-order valence-electron chi connectivity index (χ4n) is 1.26. The fourth-order valence-corrected chi connectivity index (χ4v) is 1.97. The summed E-state index contributed by atoms with van der Waals surface area (Å²) in [5.41, 5.74) is 3.93. The number of aromatic nitrogens is 1. The number of aromatic hydroxyl groups is 1. The molecule has 0 unspecified atom stereocenters. The van der Waals surface area contributed by atoms with Crippen LogP contribution in [0.4, 0.5) is 5.69 Å². The van der Waals surface area contributed by atoms with Crippen molar-refractivity contribution in [2.45, 2.75) is 13.5 Å². The summed E-state index contributed by atoms with van der Waals surface area (Å²) in [6.45, 7) is 2.78. The Kier molecular flexibility index (Phi) is 2.87. The van der Waals surface area contributed by atoms with Crippen molar-refractivity contribution in [2.24, 2.45) is 0 Å². The molecule has 15 heavy (non-hydrogen) atoms. The quantitative estimate of drug-likeness (QED) is 0.782. The van der Waals surface area contributed by atoms with E-state index in [1.54, 1.807) is 23.5 Å². The lowest BCUT2D eigenvalue weighted by atomic mass is 10.3. The van der Waals surface area contributed by atoms with Gasteiger partial charge in [-0.15, -0.1) is 11.3 Å². The normalized spacial score (nSPS) is 10.2. The molecule has 2 rings (SSSR count). The first kappa shape index (κ1) is 9.98. The standard InChI is InChI=1S/C11H12N2OS/c1-8-11(15-7-13-8)6-12-9-2-4-10(14)5-3-9/h2-5,7,12,14H,6H2,1H3. The molecule has 0 aliphatic rings. The molecule has 1 aromatic carbocycles. The van der Waals surface area contributed by atoms with Crippen molar-refractivity contribution >= 4 is 17.0 Å². The maximum absolute atomic E-state index is 9.12. The van der Waals surface area contributed by atoms with Crippen molar-refractivity contribution in [2.75, 3.05) is 5.32 Å². The lowest BCUT2D eigenvalue weighted by Gasteiger charge is -2.04. The second-order valence-corrected chi connectivity index (χ2v) is 4.20. The van der Waals surface area contributed by atoms with Crippen molar-refractivity contribution in [1.29, 1.82) is 0 Å². The third-order valence-electron chi connectivity index (χ3n) is 2.17. The van der Waals surface area contributed by atoms with Crippen molar-refractivity contribution in [1.82, 2.24) is 4.98 Å². The van der Waals surface area contributed by atoms with Crippen LogP contribution in [0.2, 0.25) is 0 Å². The van der Waals surface area contributed by atoms with Gasteiger partial charge in [0.25, 0.3) is 0 Å². The van der Waals surface area contributed by atoms with E-state index in [9.17, 15) is 0 Å². The van der Waals surface area contributed by atoms with Crippen molar-refractivity contribution < 1.29 is 5.11 Å².